The molecule has 4 nitrogen and oxygen atoms in total. The van der Waals surface area contributed by atoms with Crippen molar-refractivity contribution >= 4 is 12.4 Å². The van der Waals surface area contributed by atoms with Crippen molar-refractivity contribution in [3.8, 4) is 6.07 Å². The number of nitriles is 1. The molecule has 0 saturated carbocycles. The number of rotatable bonds is 5. The molecule has 0 unspecified atom stereocenters. The molecule has 4 heteroatoms. The molecule has 1 aliphatic rings. The highest BCUT2D eigenvalue weighted by Crippen LogP contribution is 2.24. The van der Waals surface area contributed by atoms with Crippen molar-refractivity contribution in [1.29, 1.82) is 5.26 Å². The van der Waals surface area contributed by atoms with Gasteiger partial charge in [0, 0.05) is 37.6 Å². The molecule has 0 amide bonds. The molecule has 0 atom stereocenters. The third-order valence-corrected chi connectivity index (χ3v) is 4.43. The summed E-state index contributed by atoms with van der Waals surface area (Å²) in [6.07, 6.45) is 8.27. The van der Waals surface area contributed by atoms with Crippen LogP contribution in [0.25, 0.3) is 5.70 Å². The fourth-order valence-electron chi connectivity index (χ4n) is 3.17. The molecule has 0 N–H and O–H groups in total. The Kier molecular flexibility index (Phi) is 5.17. The van der Waals surface area contributed by atoms with Crippen molar-refractivity contribution in [3.05, 3.63) is 83.2 Å². The van der Waals surface area contributed by atoms with E-state index in [2.05, 4.69) is 40.3 Å². The standard InChI is InChI=1S/C21H20N4/c1-3-4-21(23-2)20-11-16(5-6-17(20)12-22)14-25-10-8-18-13-24-9-7-19(18)15-25/h3-7,9,11,13H,1-2,8,10,14-15H2. The fraction of sp³-hybridized carbons (Fsp3) is 0.190. The molecule has 0 saturated heterocycles. The normalized spacial score (nSPS) is 14.4. The number of fused-ring (bicyclic) bond motifs is 1. The zero-order valence-corrected chi connectivity index (χ0v) is 14.2. The molecule has 0 radical (unpaired) electrons. The van der Waals surface area contributed by atoms with Crippen molar-refractivity contribution in [1.82, 2.24) is 9.88 Å². The third kappa shape index (κ3) is 3.73. The quantitative estimate of drug-likeness (QED) is 0.620. The highest BCUT2D eigenvalue weighted by molar-refractivity contribution is 5.73. The van der Waals surface area contributed by atoms with Gasteiger partial charge < -0.3 is 0 Å². The van der Waals surface area contributed by atoms with E-state index in [1.807, 2.05) is 30.6 Å². The highest BCUT2D eigenvalue weighted by Gasteiger charge is 2.17. The Morgan fingerprint density at radius 1 is 1.36 bits per heavy atom. The van der Waals surface area contributed by atoms with Gasteiger partial charge in [0.25, 0.3) is 0 Å². The van der Waals surface area contributed by atoms with E-state index in [9.17, 15) is 5.26 Å². The Hall–Kier alpha value is -3.03. The van der Waals surface area contributed by atoms with Crippen LogP contribution in [0.2, 0.25) is 0 Å². The topological polar surface area (TPSA) is 52.3 Å². The summed E-state index contributed by atoms with van der Waals surface area (Å²) in [6.45, 7) is 10.1. The number of allylic oxidation sites excluding steroid dienone is 2. The molecule has 1 aromatic heterocycles. The second kappa shape index (κ2) is 7.69. The number of benzene rings is 1. The summed E-state index contributed by atoms with van der Waals surface area (Å²) < 4.78 is 0. The van der Waals surface area contributed by atoms with Gasteiger partial charge in [0.1, 0.15) is 0 Å². The lowest BCUT2D eigenvalue weighted by molar-refractivity contribution is 0.245. The first-order valence-electron chi connectivity index (χ1n) is 8.22. The summed E-state index contributed by atoms with van der Waals surface area (Å²) in [4.78, 5) is 10.7. The molecule has 25 heavy (non-hydrogen) atoms. The number of aromatic nitrogens is 1. The summed E-state index contributed by atoms with van der Waals surface area (Å²) in [5.41, 5.74) is 5.91. The van der Waals surface area contributed by atoms with Crippen LogP contribution in [0.3, 0.4) is 0 Å². The van der Waals surface area contributed by atoms with Gasteiger partial charge in [0.05, 0.1) is 17.3 Å². The van der Waals surface area contributed by atoms with E-state index in [0.717, 1.165) is 37.2 Å². The van der Waals surface area contributed by atoms with Gasteiger partial charge in [-0.25, -0.2) is 0 Å². The number of hydrogen-bond donors (Lipinski definition) is 0. The predicted molar refractivity (Wildman–Crippen MR) is 101 cm³/mol. The first-order valence-corrected chi connectivity index (χ1v) is 8.22. The Balaban J connectivity index is 1.84. The minimum atomic E-state index is 0.597. The van der Waals surface area contributed by atoms with Gasteiger partial charge in [-0.1, -0.05) is 18.7 Å². The van der Waals surface area contributed by atoms with Crippen molar-refractivity contribution in [3.63, 3.8) is 0 Å². The average Bonchev–Trinajstić information content (AvgIpc) is 2.66. The molecule has 0 aliphatic carbocycles. The molecule has 0 bridgehead atoms. The smallest absolute Gasteiger partial charge is 0.0998 e. The Morgan fingerprint density at radius 2 is 2.24 bits per heavy atom. The van der Waals surface area contributed by atoms with E-state index in [4.69, 9.17) is 0 Å². The van der Waals surface area contributed by atoms with E-state index in [1.165, 1.54) is 11.1 Å². The Labute approximate surface area is 148 Å². The number of nitrogens with zero attached hydrogens (tertiary/aromatic N) is 4. The molecular weight excluding hydrogens is 308 g/mol. The highest BCUT2D eigenvalue weighted by atomic mass is 15.1. The maximum Gasteiger partial charge on any atom is 0.0998 e. The van der Waals surface area contributed by atoms with Gasteiger partial charge in [0.15, 0.2) is 0 Å². The van der Waals surface area contributed by atoms with Gasteiger partial charge in [-0.3, -0.25) is 14.9 Å². The summed E-state index contributed by atoms with van der Waals surface area (Å²) in [5, 5.41) is 9.37. The zero-order valence-electron chi connectivity index (χ0n) is 14.2. The van der Waals surface area contributed by atoms with Gasteiger partial charge in [-0.05, 0) is 54.1 Å². The van der Waals surface area contributed by atoms with E-state index >= 15 is 0 Å². The summed E-state index contributed by atoms with van der Waals surface area (Å²) in [6, 6.07) is 10.2. The van der Waals surface area contributed by atoms with Crippen LogP contribution >= 0.6 is 0 Å². The Morgan fingerprint density at radius 3 is 3.00 bits per heavy atom. The van der Waals surface area contributed by atoms with Crippen molar-refractivity contribution in [2.75, 3.05) is 6.54 Å². The van der Waals surface area contributed by atoms with Crippen LogP contribution in [0.15, 0.2) is 60.4 Å². The first kappa shape index (κ1) is 16.8. The summed E-state index contributed by atoms with van der Waals surface area (Å²) >= 11 is 0. The van der Waals surface area contributed by atoms with Crippen LogP contribution in [0.4, 0.5) is 0 Å². The minimum Gasteiger partial charge on any atom is -0.294 e. The first-order chi connectivity index (χ1) is 12.2. The molecule has 124 valence electrons. The Bertz CT molecular complexity index is 874. The van der Waals surface area contributed by atoms with Crippen molar-refractivity contribution in [2.24, 2.45) is 4.99 Å². The van der Waals surface area contributed by atoms with E-state index in [1.54, 1.807) is 12.2 Å². The van der Waals surface area contributed by atoms with Crippen LogP contribution in [0, 0.1) is 11.3 Å². The zero-order chi connectivity index (χ0) is 17.6. The molecule has 1 aromatic carbocycles. The van der Waals surface area contributed by atoms with Crippen molar-refractivity contribution < 1.29 is 0 Å². The monoisotopic (exact) mass is 328 g/mol. The lowest BCUT2D eigenvalue weighted by Crippen LogP contribution is -2.30. The minimum absolute atomic E-state index is 0.597. The molecule has 3 rings (SSSR count). The average molecular weight is 328 g/mol. The van der Waals surface area contributed by atoms with Gasteiger partial charge in [0.2, 0.25) is 0 Å². The van der Waals surface area contributed by atoms with Crippen LogP contribution in [0.1, 0.15) is 27.8 Å². The van der Waals surface area contributed by atoms with E-state index in [-0.39, 0.29) is 0 Å². The SMILES string of the molecule is C=CC=C(N=C)c1cc(CN2CCc3cnccc3C2)ccc1C#N. The second-order valence-electron chi connectivity index (χ2n) is 6.04. The summed E-state index contributed by atoms with van der Waals surface area (Å²) in [5.74, 6) is 0. The largest absolute Gasteiger partial charge is 0.294 e. The molecule has 0 spiro atoms. The summed E-state index contributed by atoms with van der Waals surface area (Å²) in [7, 11) is 0. The molecule has 0 fully saturated rings. The van der Waals surface area contributed by atoms with Crippen LogP contribution < -0.4 is 0 Å². The van der Waals surface area contributed by atoms with E-state index < -0.39 is 0 Å². The fourth-order valence-corrected chi connectivity index (χ4v) is 3.17. The number of aliphatic imine (C=N–C) groups is 1. The number of pyridine rings is 1. The molecule has 1 aliphatic heterocycles. The lowest BCUT2D eigenvalue weighted by atomic mass is 9.99. The van der Waals surface area contributed by atoms with Crippen LogP contribution in [-0.4, -0.2) is 23.1 Å². The van der Waals surface area contributed by atoms with E-state index in [0.29, 0.717) is 11.3 Å². The maximum absolute atomic E-state index is 9.37. The number of hydrogen-bond acceptors (Lipinski definition) is 4. The molecule has 2 aromatic rings. The van der Waals surface area contributed by atoms with Crippen molar-refractivity contribution in [2.45, 2.75) is 19.5 Å². The molecular formula is C21H20N4. The van der Waals surface area contributed by atoms with Gasteiger partial charge in [-0.15, -0.1) is 0 Å². The van der Waals surface area contributed by atoms with Crippen LogP contribution in [-0.2, 0) is 19.5 Å². The van der Waals surface area contributed by atoms with Gasteiger partial charge in [-0.2, -0.15) is 5.26 Å². The maximum atomic E-state index is 9.37. The second-order valence-corrected chi connectivity index (χ2v) is 6.04. The van der Waals surface area contributed by atoms with Gasteiger partial charge >= 0.3 is 0 Å². The lowest BCUT2D eigenvalue weighted by Gasteiger charge is -2.28. The van der Waals surface area contributed by atoms with Crippen LogP contribution in [0.5, 0.6) is 0 Å². The molecule has 2 heterocycles. The predicted octanol–water partition coefficient (Wildman–Crippen LogP) is 3.74. The third-order valence-electron chi connectivity index (χ3n) is 4.43.